The van der Waals surface area contributed by atoms with E-state index in [9.17, 15) is 9.59 Å². The van der Waals surface area contributed by atoms with Crippen LogP contribution in [0.3, 0.4) is 0 Å². The third-order valence-electron chi connectivity index (χ3n) is 5.20. The fourth-order valence-corrected chi connectivity index (χ4v) is 5.33. The molecular formula is C24H24N2O2S2. The highest BCUT2D eigenvalue weighted by molar-refractivity contribution is 8.00. The zero-order chi connectivity index (χ0) is 20.9. The smallest absolute Gasteiger partial charge is 0.234 e. The number of rotatable bonds is 6. The minimum Gasteiger partial charge on any atom is -0.330 e. The fraction of sp³-hybridized carbons (Fsp3) is 0.250. The number of benzene rings is 2. The van der Waals surface area contributed by atoms with Crippen LogP contribution in [0.15, 0.2) is 66.0 Å². The van der Waals surface area contributed by atoms with E-state index in [0.717, 1.165) is 23.2 Å². The van der Waals surface area contributed by atoms with Gasteiger partial charge in [-0.25, -0.2) is 0 Å². The predicted molar refractivity (Wildman–Crippen MR) is 125 cm³/mol. The van der Waals surface area contributed by atoms with Gasteiger partial charge in [0.15, 0.2) is 0 Å². The lowest BCUT2D eigenvalue weighted by atomic mass is 9.93. The Labute approximate surface area is 185 Å². The first-order valence-electron chi connectivity index (χ1n) is 9.97. The first kappa shape index (κ1) is 20.7. The van der Waals surface area contributed by atoms with Crippen molar-refractivity contribution < 1.29 is 9.59 Å². The van der Waals surface area contributed by atoms with Crippen molar-refractivity contribution in [2.75, 3.05) is 23.4 Å². The number of fused-ring (bicyclic) bond motifs is 1. The molecule has 0 bridgehead atoms. The van der Waals surface area contributed by atoms with Gasteiger partial charge in [-0.05, 0) is 48.1 Å². The second-order valence-electron chi connectivity index (χ2n) is 7.36. The average molecular weight is 437 g/mol. The maximum Gasteiger partial charge on any atom is 0.234 e. The first-order valence-corrected chi connectivity index (χ1v) is 12.0. The molecule has 1 atom stereocenters. The number of hydrogen-bond acceptors (Lipinski definition) is 4. The van der Waals surface area contributed by atoms with Crippen molar-refractivity contribution in [2.45, 2.75) is 19.4 Å². The number of anilines is 1. The average Bonchev–Trinajstić information content (AvgIpc) is 3.24. The molecule has 1 unspecified atom stereocenters. The minimum atomic E-state index is -0.0879. The number of nitrogens with zero attached hydrogens (tertiary/aromatic N) is 1. The van der Waals surface area contributed by atoms with Crippen LogP contribution in [0.1, 0.15) is 27.6 Å². The molecule has 0 saturated heterocycles. The van der Waals surface area contributed by atoms with Crippen molar-refractivity contribution in [1.29, 1.82) is 0 Å². The second kappa shape index (κ2) is 9.49. The SMILES string of the molecule is Cc1ccc(NC(=O)CSCC(=O)N2CCc3sccc3C2c2ccccc2)cc1. The second-order valence-corrected chi connectivity index (χ2v) is 9.34. The van der Waals surface area contributed by atoms with E-state index >= 15 is 0 Å². The van der Waals surface area contributed by atoms with E-state index < -0.39 is 0 Å². The lowest BCUT2D eigenvalue weighted by Gasteiger charge is -2.36. The molecule has 4 rings (SSSR count). The molecule has 6 heteroatoms. The summed E-state index contributed by atoms with van der Waals surface area (Å²) in [6.07, 6.45) is 0.890. The van der Waals surface area contributed by atoms with Gasteiger partial charge in [0.2, 0.25) is 11.8 Å². The molecule has 3 aromatic rings. The molecule has 0 aliphatic carbocycles. The Bertz CT molecular complexity index is 1020. The summed E-state index contributed by atoms with van der Waals surface area (Å²) in [6, 6.07) is 20.0. The van der Waals surface area contributed by atoms with Crippen molar-refractivity contribution in [3.63, 3.8) is 0 Å². The van der Waals surface area contributed by atoms with E-state index in [4.69, 9.17) is 0 Å². The molecule has 2 heterocycles. The normalized spacial score (nSPS) is 15.5. The van der Waals surface area contributed by atoms with Crippen LogP contribution in [-0.2, 0) is 16.0 Å². The number of thiophene rings is 1. The van der Waals surface area contributed by atoms with Gasteiger partial charge in [0, 0.05) is 17.1 Å². The highest BCUT2D eigenvalue weighted by Crippen LogP contribution is 2.37. The topological polar surface area (TPSA) is 49.4 Å². The molecule has 1 N–H and O–H groups in total. The molecular weight excluding hydrogens is 412 g/mol. The predicted octanol–water partition coefficient (Wildman–Crippen LogP) is 4.90. The summed E-state index contributed by atoms with van der Waals surface area (Å²) in [5, 5.41) is 4.99. The Morgan fingerprint density at radius 2 is 1.83 bits per heavy atom. The maximum atomic E-state index is 13.1. The van der Waals surface area contributed by atoms with Crippen LogP contribution in [0.2, 0.25) is 0 Å². The molecule has 4 nitrogen and oxygen atoms in total. The molecule has 2 amide bonds. The van der Waals surface area contributed by atoms with Gasteiger partial charge in [-0.3, -0.25) is 9.59 Å². The summed E-state index contributed by atoms with van der Waals surface area (Å²) in [4.78, 5) is 28.6. The standard InChI is InChI=1S/C24H24N2O2S2/c1-17-7-9-19(10-8-17)25-22(27)15-29-16-23(28)26-13-11-21-20(12-14-30-21)24(26)18-5-3-2-4-6-18/h2-10,12,14,24H,11,13,15-16H2,1H3,(H,25,27). The van der Waals surface area contributed by atoms with Gasteiger partial charge in [0.05, 0.1) is 17.5 Å². The minimum absolute atomic E-state index is 0.0457. The number of nitrogens with one attached hydrogen (secondary N) is 1. The monoisotopic (exact) mass is 436 g/mol. The molecule has 30 heavy (non-hydrogen) atoms. The van der Waals surface area contributed by atoms with Crippen molar-refractivity contribution in [1.82, 2.24) is 4.90 Å². The van der Waals surface area contributed by atoms with Crippen molar-refractivity contribution in [3.05, 3.63) is 87.6 Å². The number of carbonyl (C=O) groups excluding carboxylic acids is 2. The lowest BCUT2D eigenvalue weighted by Crippen LogP contribution is -2.41. The van der Waals surface area contributed by atoms with E-state index in [1.54, 1.807) is 11.3 Å². The molecule has 1 aliphatic heterocycles. The summed E-state index contributed by atoms with van der Waals surface area (Å²) in [5.41, 5.74) is 4.29. The van der Waals surface area contributed by atoms with Gasteiger partial charge in [-0.2, -0.15) is 0 Å². The van der Waals surface area contributed by atoms with Gasteiger partial charge < -0.3 is 10.2 Å². The quantitative estimate of drug-likeness (QED) is 0.598. The highest BCUT2D eigenvalue weighted by Gasteiger charge is 2.32. The van der Waals surface area contributed by atoms with Crippen LogP contribution in [0.5, 0.6) is 0 Å². The number of hydrogen-bond donors (Lipinski definition) is 1. The van der Waals surface area contributed by atoms with Crippen LogP contribution >= 0.6 is 23.1 Å². The molecule has 0 saturated carbocycles. The van der Waals surface area contributed by atoms with Gasteiger partial charge in [0.1, 0.15) is 0 Å². The van der Waals surface area contributed by atoms with Crippen LogP contribution in [0.4, 0.5) is 5.69 Å². The molecule has 0 radical (unpaired) electrons. The van der Waals surface area contributed by atoms with E-state index in [0.29, 0.717) is 12.3 Å². The van der Waals surface area contributed by atoms with Gasteiger partial charge in [-0.1, -0.05) is 48.0 Å². The molecule has 154 valence electrons. The number of carbonyl (C=O) groups is 2. The zero-order valence-electron chi connectivity index (χ0n) is 16.8. The molecule has 1 aliphatic rings. The Morgan fingerprint density at radius 3 is 2.60 bits per heavy atom. The lowest BCUT2D eigenvalue weighted by molar-refractivity contribution is -0.130. The summed E-state index contributed by atoms with van der Waals surface area (Å²) >= 11 is 3.13. The van der Waals surface area contributed by atoms with Crippen molar-refractivity contribution in [3.8, 4) is 0 Å². The van der Waals surface area contributed by atoms with Crippen molar-refractivity contribution >= 4 is 40.6 Å². The number of amides is 2. The van der Waals surface area contributed by atoms with Crippen LogP contribution in [-0.4, -0.2) is 34.8 Å². The molecule has 0 spiro atoms. The summed E-state index contributed by atoms with van der Waals surface area (Å²) in [6.45, 7) is 2.72. The molecule has 2 aromatic carbocycles. The summed E-state index contributed by atoms with van der Waals surface area (Å²) in [5.74, 6) is 0.543. The van der Waals surface area contributed by atoms with E-state index in [-0.39, 0.29) is 23.6 Å². The van der Waals surface area contributed by atoms with Crippen LogP contribution < -0.4 is 5.32 Å². The molecule has 0 fully saturated rings. The Kier molecular flexibility index (Phi) is 6.55. The Morgan fingerprint density at radius 1 is 1.07 bits per heavy atom. The van der Waals surface area contributed by atoms with Gasteiger partial charge in [0.25, 0.3) is 0 Å². The van der Waals surface area contributed by atoms with Crippen LogP contribution in [0.25, 0.3) is 0 Å². The van der Waals surface area contributed by atoms with E-state index in [2.05, 4.69) is 28.9 Å². The van der Waals surface area contributed by atoms with E-state index in [1.807, 2.05) is 54.3 Å². The highest BCUT2D eigenvalue weighted by atomic mass is 32.2. The summed E-state index contributed by atoms with van der Waals surface area (Å²) in [7, 11) is 0. The zero-order valence-corrected chi connectivity index (χ0v) is 18.5. The largest absolute Gasteiger partial charge is 0.330 e. The van der Waals surface area contributed by atoms with E-state index in [1.165, 1.54) is 22.2 Å². The fourth-order valence-electron chi connectivity index (χ4n) is 3.73. The third-order valence-corrected chi connectivity index (χ3v) is 7.11. The maximum absolute atomic E-state index is 13.1. The Balaban J connectivity index is 1.37. The summed E-state index contributed by atoms with van der Waals surface area (Å²) < 4.78 is 0. The van der Waals surface area contributed by atoms with Gasteiger partial charge >= 0.3 is 0 Å². The van der Waals surface area contributed by atoms with Crippen LogP contribution in [0, 0.1) is 6.92 Å². The molecule has 1 aromatic heterocycles. The third kappa shape index (κ3) is 4.77. The first-order chi connectivity index (χ1) is 14.6. The van der Waals surface area contributed by atoms with Gasteiger partial charge in [-0.15, -0.1) is 23.1 Å². The number of aryl methyl sites for hydroxylation is 1. The Hall–Kier alpha value is -2.57. The number of thioether (sulfide) groups is 1. The van der Waals surface area contributed by atoms with Crippen molar-refractivity contribution in [2.24, 2.45) is 0 Å².